The summed E-state index contributed by atoms with van der Waals surface area (Å²) in [4.78, 5) is 16.3. The van der Waals surface area contributed by atoms with Crippen molar-refractivity contribution >= 4 is 28.6 Å². The van der Waals surface area contributed by atoms with E-state index in [2.05, 4.69) is 45.7 Å². The molecule has 1 saturated heterocycles. The van der Waals surface area contributed by atoms with Crippen molar-refractivity contribution in [3.8, 4) is 11.5 Å². The molecule has 8 heteroatoms. The Labute approximate surface area is 209 Å². The number of likely N-dealkylation sites (tertiary alicyclic amines) is 1. The predicted molar refractivity (Wildman–Crippen MR) is 139 cm³/mol. The van der Waals surface area contributed by atoms with Crippen molar-refractivity contribution in [2.75, 3.05) is 19.3 Å². The van der Waals surface area contributed by atoms with Crippen LogP contribution in [0.5, 0.6) is 0 Å². The number of nitrogens with zero attached hydrogens (tertiary/aromatic N) is 4. The second-order valence-corrected chi connectivity index (χ2v) is 10.2. The molecule has 0 radical (unpaired) electrons. The maximum absolute atomic E-state index is 12.8. The number of hydrogen-bond acceptors (Lipinski definition) is 6. The number of nitrogens with one attached hydrogen (secondary N) is 1. The predicted octanol–water partition coefficient (Wildman–Crippen LogP) is 4.96. The minimum absolute atomic E-state index is 0.0446. The summed E-state index contributed by atoms with van der Waals surface area (Å²) in [6.45, 7) is 5.84. The van der Waals surface area contributed by atoms with Crippen molar-refractivity contribution in [3.05, 3.63) is 66.2 Å². The summed E-state index contributed by atoms with van der Waals surface area (Å²) in [5, 5.41) is 12.7. The van der Waals surface area contributed by atoms with E-state index in [1.54, 1.807) is 11.8 Å². The number of carbonyl (C=O) groups is 1. The number of piperidine rings is 1. The zero-order valence-electron chi connectivity index (χ0n) is 20.2. The molecule has 1 fully saturated rings. The van der Waals surface area contributed by atoms with Crippen LogP contribution in [0.3, 0.4) is 0 Å². The molecule has 1 N–H and O–H groups in total. The average molecular weight is 490 g/mol. The summed E-state index contributed by atoms with van der Waals surface area (Å²) in [5.41, 5.74) is 2.90. The smallest absolute Gasteiger partial charge is 0.249 e. The molecular formula is C27H31N5O2S. The van der Waals surface area contributed by atoms with Crippen LogP contribution in [-0.4, -0.2) is 44.9 Å². The fraction of sp³-hybridized carbons (Fsp3) is 0.370. The standard InChI is InChI=1S/C27H31N5O2S/c1-19-11-13-31(14-12-19)18-26-29-30-27(34-26)23-16-32(24-6-4-3-5-22(23)24)17-25(33)28-15-20-7-9-21(35-2)10-8-20/h3-10,16,19H,11-15,17-18H2,1-2H3,(H,28,33). The Hall–Kier alpha value is -3.10. The molecule has 3 heterocycles. The summed E-state index contributed by atoms with van der Waals surface area (Å²) >= 11 is 1.70. The van der Waals surface area contributed by atoms with E-state index in [4.69, 9.17) is 4.42 Å². The van der Waals surface area contributed by atoms with Gasteiger partial charge in [-0.25, -0.2) is 0 Å². The Balaban J connectivity index is 1.28. The summed E-state index contributed by atoms with van der Waals surface area (Å²) in [7, 11) is 0. The largest absolute Gasteiger partial charge is 0.419 e. The molecule has 7 nitrogen and oxygen atoms in total. The van der Waals surface area contributed by atoms with Crippen LogP contribution in [0, 0.1) is 5.92 Å². The lowest BCUT2D eigenvalue weighted by atomic mass is 9.99. The van der Waals surface area contributed by atoms with Crippen molar-refractivity contribution in [1.82, 2.24) is 25.0 Å². The zero-order chi connectivity index (χ0) is 24.2. The second kappa shape index (κ2) is 10.7. The Bertz CT molecular complexity index is 1290. The van der Waals surface area contributed by atoms with E-state index in [0.29, 0.717) is 24.9 Å². The maximum Gasteiger partial charge on any atom is 0.249 e. The van der Waals surface area contributed by atoms with E-state index in [1.807, 2.05) is 47.2 Å². The molecule has 4 aromatic rings. The van der Waals surface area contributed by atoms with Crippen LogP contribution in [0.15, 0.2) is 64.0 Å². The van der Waals surface area contributed by atoms with E-state index < -0.39 is 0 Å². The molecule has 0 unspecified atom stereocenters. The summed E-state index contributed by atoms with van der Waals surface area (Å²) in [5.74, 6) is 1.87. The van der Waals surface area contributed by atoms with Crippen LogP contribution in [0.4, 0.5) is 0 Å². The van der Waals surface area contributed by atoms with Gasteiger partial charge >= 0.3 is 0 Å². The van der Waals surface area contributed by atoms with Crippen molar-refractivity contribution in [2.24, 2.45) is 5.92 Å². The first kappa shape index (κ1) is 23.6. The first-order chi connectivity index (χ1) is 17.1. The van der Waals surface area contributed by atoms with Gasteiger partial charge in [-0.2, -0.15) is 0 Å². The molecule has 2 aromatic carbocycles. The summed E-state index contributed by atoms with van der Waals surface area (Å²) < 4.78 is 8.02. The average Bonchev–Trinajstić information content (AvgIpc) is 3.49. The first-order valence-electron chi connectivity index (χ1n) is 12.1. The van der Waals surface area contributed by atoms with E-state index in [-0.39, 0.29) is 12.5 Å². The van der Waals surface area contributed by atoms with Crippen molar-refractivity contribution in [2.45, 2.75) is 44.3 Å². The van der Waals surface area contributed by atoms with Gasteiger partial charge in [-0.05, 0) is 61.9 Å². The van der Waals surface area contributed by atoms with Crippen molar-refractivity contribution < 1.29 is 9.21 Å². The molecule has 182 valence electrons. The molecule has 0 atom stereocenters. The van der Waals surface area contributed by atoms with Gasteiger partial charge in [-0.1, -0.05) is 37.3 Å². The number of benzene rings is 2. The Morgan fingerprint density at radius 1 is 1.11 bits per heavy atom. The lowest BCUT2D eigenvalue weighted by Crippen LogP contribution is -2.32. The molecule has 0 bridgehead atoms. The second-order valence-electron chi connectivity index (χ2n) is 9.27. The quantitative estimate of drug-likeness (QED) is 0.353. The van der Waals surface area contributed by atoms with Crippen LogP contribution < -0.4 is 5.32 Å². The van der Waals surface area contributed by atoms with Gasteiger partial charge in [-0.3, -0.25) is 9.69 Å². The van der Waals surface area contributed by atoms with Gasteiger partial charge in [0.15, 0.2) is 0 Å². The number of fused-ring (bicyclic) bond motifs is 1. The van der Waals surface area contributed by atoms with Crippen LogP contribution in [0.1, 0.15) is 31.2 Å². The minimum atomic E-state index is -0.0446. The first-order valence-corrected chi connectivity index (χ1v) is 13.3. The third kappa shape index (κ3) is 5.60. The van der Waals surface area contributed by atoms with E-state index in [0.717, 1.165) is 41.0 Å². The van der Waals surface area contributed by atoms with Gasteiger partial charge in [0.1, 0.15) is 6.54 Å². The van der Waals surface area contributed by atoms with Crippen LogP contribution in [0.25, 0.3) is 22.4 Å². The molecule has 1 aliphatic rings. The van der Waals surface area contributed by atoms with Crippen molar-refractivity contribution in [3.63, 3.8) is 0 Å². The van der Waals surface area contributed by atoms with Gasteiger partial charge in [0.2, 0.25) is 17.7 Å². The van der Waals surface area contributed by atoms with Crippen LogP contribution >= 0.6 is 11.8 Å². The molecule has 0 spiro atoms. The topological polar surface area (TPSA) is 76.2 Å². The highest BCUT2D eigenvalue weighted by molar-refractivity contribution is 7.98. The maximum atomic E-state index is 12.8. The number of hydrogen-bond donors (Lipinski definition) is 1. The van der Waals surface area contributed by atoms with Gasteiger partial charge in [0.25, 0.3) is 0 Å². The van der Waals surface area contributed by atoms with Gasteiger partial charge in [0.05, 0.1) is 12.1 Å². The number of carbonyl (C=O) groups excluding carboxylic acids is 1. The molecule has 5 rings (SSSR count). The van der Waals surface area contributed by atoms with Gasteiger partial charge in [0, 0.05) is 28.5 Å². The third-order valence-corrected chi connectivity index (χ3v) is 7.43. The molecule has 1 aliphatic heterocycles. The van der Waals surface area contributed by atoms with E-state index >= 15 is 0 Å². The monoisotopic (exact) mass is 489 g/mol. The molecule has 2 aromatic heterocycles. The number of aromatic nitrogens is 3. The van der Waals surface area contributed by atoms with E-state index in [1.165, 1.54) is 17.7 Å². The fourth-order valence-corrected chi connectivity index (χ4v) is 4.95. The Morgan fingerprint density at radius 2 is 1.89 bits per heavy atom. The molecule has 1 amide bonds. The molecule has 0 saturated carbocycles. The van der Waals surface area contributed by atoms with E-state index in [9.17, 15) is 4.79 Å². The summed E-state index contributed by atoms with van der Waals surface area (Å²) in [6, 6.07) is 16.2. The van der Waals surface area contributed by atoms with Gasteiger partial charge < -0.3 is 14.3 Å². The zero-order valence-corrected chi connectivity index (χ0v) is 21.1. The number of rotatable bonds is 8. The number of thioether (sulfide) groups is 1. The highest BCUT2D eigenvalue weighted by Crippen LogP contribution is 2.30. The SMILES string of the molecule is CSc1ccc(CNC(=O)Cn2cc(-c3nnc(CN4CCC(C)CC4)o3)c3ccccc32)cc1. The molecule has 35 heavy (non-hydrogen) atoms. The van der Waals surface area contributed by atoms with Crippen LogP contribution in [0.2, 0.25) is 0 Å². The normalized spacial score (nSPS) is 15.0. The number of amides is 1. The lowest BCUT2D eigenvalue weighted by molar-refractivity contribution is -0.121. The highest BCUT2D eigenvalue weighted by atomic mass is 32.2. The molecule has 0 aliphatic carbocycles. The summed E-state index contributed by atoms with van der Waals surface area (Å²) in [6.07, 6.45) is 6.41. The lowest BCUT2D eigenvalue weighted by Gasteiger charge is -2.28. The Kier molecular flexibility index (Phi) is 7.20. The highest BCUT2D eigenvalue weighted by Gasteiger charge is 2.20. The van der Waals surface area contributed by atoms with Crippen LogP contribution in [-0.2, 0) is 24.4 Å². The fourth-order valence-electron chi connectivity index (χ4n) is 4.54. The van der Waals surface area contributed by atoms with Gasteiger partial charge in [-0.15, -0.1) is 22.0 Å². The van der Waals surface area contributed by atoms with Crippen molar-refractivity contribution in [1.29, 1.82) is 0 Å². The molecular weight excluding hydrogens is 458 g/mol. The third-order valence-electron chi connectivity index (χ3n) is 6.68. The number of para-hydroxylation sites is 1. The minimum Gasteiger partial charge on any atom is -0.419 e. The Morgan fingerprint density at radius 3 is 2.66 bits per heavy atom.